The van der Waals surface area contributed by atoms with Crippen LogP contribution in [0, 0.1) is 0 Å². The van der Waals surface area contributed by atoms with E-state index in [0.29, 0.717) is 0 Å². The Labute approximate surface area is 214 Å². The molecule has 1 heterocycles. The van der Waals surface area contributed by atoms with Crippen molar-refractivity contribution in [3.63, 3.8) is 0 Å². The topological polar surface area (TPSA) is 83.5 Å². The fourth-order valence-corrected chi connectivity index (χ4v) is 5.12. The summed E-state index contributed by atoms with van der Waals surface area (Å²) in [7, 11) is -6.52. The zero-order chi connectivity index (χ0) is 27.4. The van der Waals surface area contributed by atoms with Gasteiger partial charge < -0.3 is 9.29 Å². The molecule has 37 heavy (non-hydrogen) atoms. The molecule has 0 atom stereocenters. The number of alkyl halides is 4. The Morgan fingerprint density at radius 2 is 1.54 bits per heavy atom. The van der Waals surface area contributed by atoms with E-state index in [-0.39, 0.29) is 5.57 Å². The van der Waals surface area contributed by atoms with Crippen molar-refractivity contribution in [3.8, 4) is 11.1 Å². The molecule has 0 spiro atoms. The maximum absolute atomic E-state index is 12.8. The van der Waals surface area contributed by atoms with Crippen molar-refractivity contribution in [2.45, 2.75) is 24.5 Å². The molecular formula is C26H22F4O5S2. The second kappa shape index (κ2) is 11.0. The molecule has 0 amide bonds. The number of hydrogen-bond acceptors (Lipinski definition) is 5. The summed E-state index contributed by atoms with van der Waals surface area (Å²) in [6.45, 7) is 3.12. The van der Waals surface area contributed by atoms with Crippen molar-refractivity contribution in [2.75, 3.05) is 6.61 Å². The van der Waals surface area contributed by atoms with Crippen molar-refractivity contribution >= 4 is 47.6 Å². The standard InChI is InChI=1S/C18H12S.C8H10F4O5S/c1-2-7-13(8-3-1)14-10-6-12-17-18(14)15-9-4-5-11-16(15)19-17;1-5(2)6(13)17-4-3-7(9,10)8(11,12)18(14,15)16/h1-12H;1,3-4H2,2H3,(H,14,15,16). The summed E-state index contributed by atoms with van der Waals surface area (Å²) in [5.74, 6) is -6.23. The van der Waals surface area contributed by atoms with Crippen LogP contribution in [-0.2, 0) is 19.6 Å². The van der Waals surface area contributed by atoms with Gasteiger partial charge in [-0.25, -0.2) is 13.2 Å². The summed E-state index contributed by atoms with van der Waals surface area (Å²) in [5, 5.41) is -2.97. The number of rotatable bonds is 7. The first kappa shape index (κ1) is 28.3. The summed E-state index contributed by atoms with van der Waals surface area (Å²) in [5.41, 5.74) is 2.49. The summed E-state index contributed by atoms with van der Waals surface area (Å²) < 4.78 is 87.7. The highest BCUT2D eigenvalue weighted by Gasteiger charge is 2.61. The van der Waals surface area contributed by atoms with E-state index in [0.717, 1.165) is 0 Å². The average molecular weight is 555 g/mol. The van der Waals surface area contributed by atoms with Crippen LogP contribution in [0.25, 0.3) is 31.3 Å². The Morgan fingerprint density at radius 1 is 0.946 bits per heavy atom. The Morgan fingerprint density at radius 3 is 2.16 bits per heavy atom. The zero-order valence-electron chi connectivity index (χ0n) is 19.5. The van der Waals surface area contributed by atoms with Crippen LogP contribution in [0.15, 0.2) is 84.9 Å². The van der Waals surface area contributed by atoms with E-state index in [9.17, 15) is 35.3 Å². The Hall–Kier alpha value is -3.28. The zero-order valence-corrected chi connectivity index (χ0v) is 21.2. The van der Waals surface area contributed by atoms with E-state index in [1.807, 2.05) is 0 Å². The van der Waals surface area contributed by atoms with Gasteiger partial charge in [0.2, 0.25) is 0 Å². The highest BCUT2D eigenvalue weighted by atomic mass is 32.2. The molecule has 0 N–H and O–H groups in total. The molecule has 0 aliphatic heterocycles. The lowest BCUT2D eigenvalue weighted by Gasteiger charge is -2.28. The second-order valence-electron chi connectivity index (χ2n) is 8.04. The normalized spacial score (nSPS) is 12.2. The third kappa shape index (κ3) is 6.17. The minimum Gasteiger partial charge on any atom is -0.743 e. The van der Waals surface area contributed by atoms with E-state index < -0.39 is 40.3 Å². The summed E-state index contributed by atoms with van der Waals surface area (Å²) in [6.07, 6.45) is -1.81. The Kier molecular flexibility index (Phi) is 8.41. The molecule has 4 rings (SSSR count). The van der Waals surface area contributed by atoms with E-state index in [1.54, 1.807) is 0 Å². The third-order valence-corrected chi connectivity index (χ3v) is 7.45. The highest BCUT2D eigenvalue weighted by Crippen LogP contribution is 2.41. The van der Waals surface area contributed by atoms with E-state index in [4.69, 9.17) is 0 Å². The van der Waals surface area contributed by atoms with E-state index >= 15 is 0 Å². The maximum Gasteiger partial charge on any atom is 0.396 e. The van der Waals surface area contributed by atoms with Gasteiger partial charge in [-0.3, -0.25) is 0 Å². The Bertz CT molecular complexity index is 1530. The number of esters is 1. The van der Waals surface area contributed by atoms with Crippen LogP contribution in [0.4, 0.5) is 17.6 Å². The van der Waals surface area contributed by atoms with E-state index in [1.165, 1.54) is 49.6 Å². The SMILES string of the molecule is C=C(C)C(=O)OCCC(F)(F)C(F)(F)S(=O)(=O)[O-].c1ccc(-c2cccc3[sH+]c4ccccc4c23)cc1. The van der Waals surface area contributed by atoms with Crippen LogP contribution >= 0.6 is 11.3 Å². The van der Waals surface area contributed by atoms with Crippen LogP contribution in [0.3, 0.4) is 0 Å². The van der Waals surface area contributed by atoms with Crippen LogP contribution in [0.2, 0.25) is 0 Å². The highest BCUT2D eigenvalue weighted by molar-refractivity contribution is 7.86. The van der Waals surface area contributed by atoms with Crippen LogP contribution in [-0.4, -0.2) is 36.7 Å². The molecule has 0 bridgehead atoms. The van der Waals surface area contributed by atoms with Gasteiger partial charge in [-0.15, -0.1) is 0 Å². The third-order valence-electron chi connectivity index (χ3n) is 5.28. The van der Waals surface area contributed by atoms with Crippen molar-refractivity contribution in [1.82, 2.24) is 0 Å². The smallest absolute Gasteiger partial charge is 0.396 e. The van der Waals surface area contributed by atoms with Gasteiger partial charge in [0.25, 0.3) is 0 Å². The lowest BCUT2D eigenvalue weighted by molar-refractivity contribution is -0.173. The summed E-state index contributed by atoms with van der Waals surface area (Å²) >= 11 is 1.33. The van der Waals surface area contributed by atoms with Gasteiger partial charge in [0, 0.05) is 11.0 Å². The molecule has 0 aliphatic carbocycles. The molecule has 0 fully saturated rings. The predicted molar refractivity (Wildman–Crippen MR) is 136 cm³/mol. The first-order valence-corrected chi connectivity index (χ1v) is 13.1. The summed E-state index contributed by atoms with van der Waals surface area (Å²) in [4.78, 5) is 10.7. The number of halogens is 4. The number of hydrogen-bond donors (Lipinski definition) is 0. The minimum absolute atomic E-state index is 0.151. The molecule has 0 radical (unpaired) electrons. The first-order chi connectivity index (χ1) is 17.3. The lowest BCUT2D eigenvalue weighted by atomic mass is 10.00. The molecule has 0 aliphatic rings. The van der Waals surface area contributed by atoms with Gasteiger partial charge in [0.1, 0.15) is 0 Å². The number of carbonyl (C=O) groups excluding carboxylic acids is 1. The van der Waals surface area contributed by atoms with Gasteiger partial charge in [0.05, 0.1) is 18.4 Å². The van der Waals surface area contributed by atoms with Crippen LogP contribution in [0.1, 0.15) is 13.3 Å². The van der Waals surface area contributed by atoms with Gasteiger partial charge in [0.15, 0.2) is 19.5 Å². The molecule has 3 aromatic carbocycles. The maximum atomic E-state index is 12.8. The molecule has 196 valence electrons. The molecule has 11 heteroatoms. The van der Waals surface area contributed by atoms with Crippen LogP contribution in [0.5, 0.6) is 0 Å². The van der Waals surface area contributed by atoms with Crippen molar-refractivity contribution < 1.29 is 40.1 Å². The Balaban J connectivity index is 0.000000206. The fraction of sp³-hybridized carbons (Fsp3) is 0.192. The van der Waals surface area contributed by atoms with Gasteiger partial charge in [-0.05, 0) is 47.6 Å². The van der Waals surface area contributed by atoms with E-state index in [2.05, 4.69) is 84.1 Å². The first-order valence-electron chi connectivity index (χ1n) is 10.8. The number of thiophene rings is 1. The summed E-state index contributed by atoms with van der Waals surface area (Å²) in [6, 6.07) is 26.0. The number of ether oxygens (including phenoxy) is 1. The number of benzene rings is 3. The molecule has 1 aromatic heterocycles. The molecule has 4 aromatic rings. The molecular weight excluding hydrogens is 532 g/mol. The van der Waals surface area contributed by atoms with Gasteiger partial charge in [-0.2, -0.15) is 17.6 Å². The largest absolute Gasteiger partial charge is 0.743 e. The van der Waals surface area contributed by atoms with Gasteiger partial charge in [-0.1, -0.05) is 61.2 Å². The number of carbonyl (C=O) groups is 1. The van der Waals surface area contributed by atoms with Gasteiger partial charge >= 0.3 is 17.1 Å². The molecule has 5 nitrogen and oxygen atoms in total. The second-order valence-corrected chi connectivity index (χ2v) is 10.6. The van der Waals surface area contributed by atoms with Crippen molar-refractivity contribution in [3.05, 3.63) is 84.9 Å². The van der Waals surface area contributed by atoms with Crippen molar-refractivity contribution in [1.29, 1.82) is 0 Å². The molecule has 0 saturated heterocycles. The van der Waals surface area contributed by atoms with Crippen molar-refractivity contribution in [2.24, 2.45) is 0 Å². The molecule has 0 saturated carbocycles. The number of fused-ring (bicyclic) bond motifs is 3. The molecule has 0 unspecified atom stereocenters. The quantitative estimate of drug-likeness (QED) is 0.0832. The minimum atomic E-state index is -6.52. The predicted octanol–water partition coefficient (Wildman–Crippen LogP) is 6.72. The average Bonchev–Trinajstić information content (AvgIpc) is 3.23. The monoisotopic (exact) mass is 554 g/mol. The lowest BCUT2D eigenvalue weighted by Crippen LogP contribution is -2.47. The fourth-order valence-electron chi connectivity index (χ4n) is 3.41. The van der Waals surface area contributed by atoms with Crippen LogP contribution < -0.4 is 0 Å².